The lowest BCUT2D eigenvalue weighted by atomic mass is 10.2. The van der Waals surface area contributed by atoms with Gasteiger partial charge >= 0.3 is 6.09 Å². The van der Waals surface area contributed by atoms with Crippen LogP contribution in [0, 0.1) is 6.92 Å². The number of aryl methyl sites for hydroxylation is 1. The molecule has 12 heteroatoms. The maximum atomic E-state index is 12.2. The van der Waals surface area contributed by atoms with Crippen LogP contribution < -0.4 is 15.1 Å². The molecule has 7 rings (SSSR count). The van der Waals surface area contributed by atoms with Crippen LogP contribution in [0.4, 0.5) is 28.1 Å². The van der Waals surface area contributed by atoms with Crippen molar-refractivity contribution < 1.29 is 9.53 Å². The summed E-state index contributed by atoms with van der Waals surface area (Å²) in [6, 6.07) is 6.82. The van der Waals surface area contributed by atoms with Crippen LogP contribution in [-0.2, 0) is 4.74 Å². The van der Waals surface area contributed by atoms with Crippen LogP contribution in [0.2, 0.25) is 0 Å². The maximum absolute atomic E-state index is 12.2. The number of pyridine rings is 2. The number of anilines is 4. The third-order valence-electron chi connectivity index (χ3n) is 7.73. The SMILES string of the molecule is CCN1C[C@@H]2C[C@H]1CN2c1nc(C)cc(Nc2cc3nc(-c4cncc(N5C(=O)OC[C@H]5C)c4)sc3cn2)n1. The summed E-state index contributed by atoms with van der Waals surface area (Å²) in [4.78, 5) is 42.1. The Morgan fingerprint density at radius 3 is 2.74 bits per heavy atom. The van der Waals surface area contributed by atoms with E-state index in [1.165, 1.54) is 17.8 Å². The van der Waals surface area contributed by atoms with Gasteiger partial charge in [0.1, 0.15) is 23.3 Å². The number of likely N-dealkylation sites (tertiary alicyclic amines) is 1. The summed E-state index contributed by atoms with van der Waals surface area (Å²) in [7, 11) is 0. The van der Waals surface area contributed by atoms with Crippen molar-refractivity contribution in [1.29, 1.82) is 0 Å². The monoisotopic (exact) mass is 543 g/mol. The average molecular weight is 544 g/mol. The van der Waals surface area contributed by atoms with Gasteiger partial charge < -0.3 is 15.0 Å². The Morgan fingerprint density at radius 2 is 1.97 bits per heavy atom. The van der Waals surface area contributed by atoms with E-state index in [1.807, 2.05) is 38.2 Å². The van der Waals surface area contributed by atoms with Gasteiger partial charge in [0.15, 0.2) is 0 Å². The van der Waals surface area contributed by atoms with E-state index in [9.17, 15) is 4.79 Å². The number of carbonyl (C=O) groups excluding carboxylic acids is 1. The number of ether oxygens (including phenoxy) is 1. The van der Waals surface area contributed by atoms with Gasteiger partial charge in [0.25, 0.3) is 0 Å². The summed E-state index contributed by atoms with van der Waals surface area (Å²) in [5.41, 5.74) is 3.28. The highest BCUT2D eigenvalue weighted by atomic mass is 32.1. The molecule has 4 aromatic heterocycles. The van der Waals surface area contributed by atoms with E-state index in [2.05, 4.69) is 32.0 Å². The minimum atomic E-state index is -0.353. The van der Waals surface area contributed by atoms with Crippen LogP contribution in [0.5, 0.6) is 0 Å². The maximum Gasteiger partial charge on any atom is 0.414 e. The zero-order valence-corrected chi connectivity index (χ0v) is 22.9. The second kappa shape index (κ2) is 9.38. The van der Waals surface area contributed by atoms with Gasteiger partial charge in [-0.1, -0.05) is 6.92 Å². The van der Waals surface area contributed by atoms with E-state index in [0.29, 0.717) is 30.2 Å². The smallest absolute Gasteiger partial charge is 0.414 e. The number of thiazole rings is 1. The molecule has 3 fully saturated rings. The zero-order valence-electron chi connectivity index (χ0n) is 22.0. The lowest BCUT2D eigenvalue weighted by molar-refractivity contribution is 0.179. The summed E-state index contributed by atoms with van der Waals surface area (Å²) in [6.45, 7) is 9.69. The Balaban J connectivity index is 1.13. The molecular formula is C27H29N9O2S. The van der Waals surface area contributed by atoms with Crippen molar-refractivity contribution in [3.05, 3.63) is 42.5 Å². The first kappa shape index (κ1) is 24.2. The molecule has 0 saturated carbocycles. The number of likely N-dealkylation sites (N-methyl/N-ethyl adjacent to an activating group) is 1. The summed E-state index contributed by atoms with van der Waals surface area (Å²) in [6.07, 6.45) is 6.08. The third-order valence-corrected chi connectivity index (χ3v) is 8.78. The molecule has 0 aromatic carbocycles. The lowest BCUT2D eigenvalue weighted by Gasteiger charge is -2.33. The van der Waals surface area contributed by atoms with E-state index in [1.54, 1.807) is 17.3 Å². The molecule has 3 atom stereocenters. The molecule has 0 spiro atoms. The normalized spacial score (nSPS) is 22.7. The quantitative estimate of drug-likeness (QED) is 0.379. The van der Waals surface area contributed by atoms with Crippen molar-refractivity contribution in [2.75, 3.05) is 41.4 Å². The van der Waals surface area contributed by atoms with Crippen LogP contribution in [0.25, 0.3) is 20.8 Å². The Labute approximate surface area is 229 Å². The Hall–Kier alpha value is -3.90. The topological polar surface area (TPSA) is 113 Å². The number of amides is 1. The third kappa shape index (κ3) is 4.33. The molecule has 39 heavy (non-hydrogen) atoms. The Bertz CT molecular complexity index is 1580. The fourth-order valence-corrected chi connectivity index (χ4v) is 6.73. The number of piperazine rings is 1. The van der Waals surface area contributed by atoms with Gasteiger partial charge in [0, 0.05) is 61.0 Å². The highest BCUT2D eigenvalue weighted by Gasteiger charge is 2.43. The van der Waals surface area contributed by atoms with E-state index in [-0.39, 0.29) is 12.1 Å². The van der Waals surface area contributed by atoms with Gasteiger partial charge in [-0.3, -0.25) is 14.8 Å². The molecule has 0 aliphatic carbocycles. The van der Waals surface area contributed by atoms with Crippen molar-refractivity contribution in [3.63, 3.8) is 0 Å². The van der Waals surface area contributed by atoms with Crippen LogP contribution >= 0.6 is 11.3 Å². The van der Waals surface area contributed by atoms with Crippen molar-refractivity contribution in [2.45, 2.75) is 45.3 Å². The largest absolute Gasteiger partial charge is 0.447 e. The minimum Gasteiger partial charge on any atom is -0.447 e. The summed E-state index contributed by atoms with van der Waals surface area (Å²) in [5, 5.41) is 4.17. The lowest BCUT2D eigenvalue weighted by Crippen LogP contribution is -2.46. The van der Waals surface area contributed by atoms with Gasteiger partial charge in [-0.15, -0.1) is 11.3 Å². The van der Waals surface area contributed by atoms with Crippen LogP contribution in [-0.4, -0.2) is 80.3 Å². The minimum absolute atomic E-state index is 0.0413. The second-order valence-electron chi connectivity index (χ2n) is 10.4. The number of cyclic esters (lactones) is 1. The molecule has 0 radical (unpaired) electrons. The first-order chi connectivity index (χ1) is 18.9. The van der Waals surface area contributed by atoms with Gasteiger partial charge in [0.05, 0.1) is 28.1 Å². The summed E-state index contributed by atoms with van der Waals surface area (Å²) < 4.78 is 6.13. The van der Waals surface area contributed by atoms with Crippen LogP contribution in [0.1, 0.15) is 26.0 Å². The molecule has 11 nitrogen and oxygen atoms in total. The summed E-state index contributed by atoms with van der Waals surface area (Å²) in [5.74, 6) is 2.17. The second-order valence-corrected chi connectivity index (χ2v) is 11.4. The van der Waals surface area contributed by atoms with E-state index >= 15 is 0 Å². The number of rotatable bonds is 6. The number of aromatic nitrogens is 5. The highest BCUT2D eigenvalue weighted by Crippen LogP contribution is 2.35. The van der Waals surface area contributed by atoms with Crippen molar-refractivity contribution in [3.8, 4) is 10.6 Å². The molecule has 1 amide bonds. The number of hydrogen-bond acceptors (Lipinski definition) is 11. The van der Waals surface area contributed by atoms with E-state index in [0.717, 1.165) is 57.9 Å². The predicted octanol–water partition coefficient (Wildman–Crippen LogP) is 4.22. The zero-order chi connectivity index (χ0) is 26.7. The number of nitrogens with one attached hydrogen (secondary N) is 1. The predicted molar refractivity (Wildman–Crippen MR) is 151 cm³/mol. The van der Waals surface area contributed by atoms with E-state index in [4.69, 9.17) is 19.7 Å². The molecule has 4 aromatic rings. The van der Waals surface area contributed by atoms with Crippen molar-refractivity contribution in [2.24, 2.45) is 0 Å². The van der Waals surface area contributed by atoms with Crippen molar-refractivity contribution in [1.82, 2.24) is 29.8 Å². The molecule has 1 N–H and O–H groups in total. The number of carbonyl (C=O) groups is 1. The molecule has 0 unspecified atom stereocenters. The first-order valence-electron chi connectivity index (χ1n) is 13.3. The standard InChI is InChI=1S/C27H29N9O2S/c1-4-34-12-20-7-19(34)13-35(20)26-30-15(2)5-24(33-26)32-23-8-21-22(11-29-23)39-25(31-21)17-6-18(10-28-9-17)36-16(3)14-38-27(36)37/h5-6,8-11,16,19-20H,4,7,12-14H2,1-3H3,(H,29,30,32,33)/t16-,19+,20+/m1/s1. The molecule has 2 bridgehead atoms. The van der Waals surface area contributed by atoms with Gasteiger partial charge in [0.2, 0.25) is 5.95 Å². The molecule has 3 saturated heterocycles. The number of nitrogens with zero attached hydrogens (tertiary/aromatic N) is 8. The molecular weight excluding hydrogens is 514 g/mol. The highest BCUT2D eigenvalue weighted by molar-refractivity contribution is 7.21. The van der Waals surface area contributed by atoms with Crippen LogP contribution in [0.3, 0.4) is 0 Å². The molecule has 3 aliphatic heterocycles. The fourth-order valence-electron chi connectivity index (χ4n) is 5.84. The fraction of sp³-hybridized carbons (Fsp3) is 0.407. The average Bonchev–Trinajstić information content (AvgIpc) is 3.71. The summed E-state index contributed by atoms with van der Waals surface area (Å²) >= 11 is 1.54. The van der Waals surface area contributed by atoms with Gasteiger partial charge in [-0.2, -0.15) is 4.98 Å². The van der Waals surface area contributed by atoms with Crippen LogP contribution in [0.15, 0.2) is 36.8 Å². The van der Waals surface area contributed by atoms with Gasteiger partial charge in [-0.25, -0.2) is 19.7 Å². The molecule has 3 aliphatic rings. The van der Waals surface area contributed by atoms with Crippen molar-refractivity contribution >= 4 is 50.9 Å². The Kier molecular flexibility index (Phi) is 5.81. The number of hydrogen-bond donors (Lipinski definition) is 1. The van der Waals surface area contributed by atoms with E-state index < -0.39 is 0 Å². The number of fused-ring (bicyclic) bond motifs is 3. The molecule has 7 heterocycles. The first-order valence-corrected chi connectivity index (χ1v) is 14.1. The molecule has 200 valence electrons. The Morgan fingerprint density at radius 1 is 1.08 bits per heavy atom. The van der Waals surface area contributed by atoms with Gasteiger partial charge in [-0.05, 0) is 32.9 Å².